The molecule has 0 saturated carbocycles. The van der Waals surface area contributed by atoms with Crippen LogP contribution in [0.5, 0.6) is 0 Å². The fraction of sp³-hybridized carbons (Fsp3) is 0.600. The first-order valence-electron chi connectivity index (χ1n) is 7.24. The van der Waals surface area contributed by atoms with Crippen LogP contribution in [-0.2, 0) is 11.3 Å². The molecule has 1 saturated heterocycles. The summed E-state index contributed by atoms with van der Waals surface area (Å²) < 4.78 is 5.23. The monoisotopic (exact) mass is 294 g/mol. The number of carbonyl (C=O) groups is 2. The van der Waals surface area contributed by atoms with Gasteiger partial charge in [0.25, 0.3) is 0 Å². The van der Waals surface area contributed by atoms with E-state index in [1.165, 1.54) is 0 Å². The molecule has 21 heavy (non-hydrogen) atoms. The van der Waals surface area contributed by atoms with Crippen LogP contribution in [-0.4, -0.2) is 47.0 Å². The van der Waals surface area contributed by atoms with Gasteiger partial charge in [-0.05, 0) is 25.0 Å². The van der Waals surface area contributed by atoms with Gasteiger partial charge in [-0.25, -0.2) is 4.79 Å². The Bertz CT molecular complexity index is 500. The van der Waals surface area contributed by atoms with E-state index in [0.29, 0.717) is 31.7 Å². The Morgan fingerprint density at radius 1 is 1.52 bits per heavy atom. The molecule has 2 amide bonds. The minimum absolute atomic E-state index is 0.148. The van der Waals surface area contributed by atoms with Crippen LogP contribution < -0.4 is 0 Å². The minimum atomic E-state index is -0.798. The third kappa shape index (κ3) is 3.20. The number of urea groups is 1. The molecule has 1 aliphatic heterocycles. The van der Waals surface area contributed by atoms with Crippen molar-refractivity contribution in [3.05, 3.63) is 24.2 Å². The molecule has 6 nitrogen and oxygen atoms in total. The summed E-state index contributed by atoms with van der Waals surface area (Å²) in [4.78, 5) is 27.1. The Morgan fingerprint density at radius 2 is 2.29 bits per heavy atom. The number of furan rings is 1. The molecule has 0 aliphatic carbocycles. The number of carboxylic acid groups (broad SMARTS) is 1. The number of aliphatic carboxylic acids is 1. The van der Waals surface area contributed by atoms with Crippen molar-refractivity contribution in [2.24, 2.45) is 5.41 Å². The molecular weight excluding hydrogens is 272 g/mol. The lowest BCUT2D eigenvalue weighted by molar-refractivity contribution is -0.148. The van der Waals surface area contributed by atoms with Crippen LogP contribution in [0.25, 0.3) is 0 Å². The Morgan fingerprint density at radius 3 is 2.86 bits per heavy atom. The zero-order valence-electron chi connectivity index (χ0n) is 12.5. The van der Waals surface area contributed by atoms with Gasteiger partial charge >= 0.3 is 12.0 Å². The predicted molar refractivity (Wildman–Crippen MR) is 76.7 cm³/mol. The summed E-state index contributed by atoms with van der Waals surface area (Å²) in [5, 5.41) is 9.47. The molecule has 116 valence electrons. The van der Waals surface area contributed by atoms with E-state index < -0.39 is 11.4 Å². The third-order valence-corrected chi connectivity index (χ3v) is 4.11. The number of carboxylic acids is 1. The van der Waals surface area contributed by atoms with Crippen LogP contribution in [0.15, 0.2) is 22.8 Å². The molecule has 0 spiro atoms. The van der Waals surface area contributed by atoms with Crippen molar-refractivity contribution in [3.8, 4) is 0 Å². The summed E-state index contributed by atoms with van der Waals surface area (Å²) in [6, 6.07) is 3.44. The Kier molecular flexibility index (Phi) is 4.55. The topological polar surface area (TPSA) is 74.0 Å². The number of hydrogen-bond acceptors (Lipinski definition) is 3. The number of likely N-dealkylation sites (tertiary alicyclic amines) is 1. The van der Waals surface area contributed by atoms with E-state index in [1.807, 2.05) is 13.0 Å². The number of nitrogens with zero attached hydrogens (tertiary/aromatic N) is 2. The molecule has 0 radical (unpaired) electrons. The first-order valence-corrected chi connectivity index (χ1v) is 7.24. The van der Waals surface area contributed by atoms with Crippen molar-refractivity contribution in [1.29, 1.82) is 0 Å². The highest BCUT2D eigenvalue weighted by atomic mass is 16.4. The molecule has 1 atom stereocenters. The lowest BCUT2D eigenvalue weighted by Crippen LogP contribution is -2.42. The standard InChI is InChI=1S/C15H22N2O4/c1-3-6-15(13(18)19)7-8-17(11-15)14(20)16(2)10-12-5-4-9-21-12/h4-5,9H,3,6-8,10-11H2,1-2H3,(H,18,19). The largest absolute Gasteiger partial charge is 0.481 e. The third-order valence-electron chi connectivity index (χ3n) is 4.11. The molecular formula is C15H22N2O4. The zero-order valence-corrected chi connectivity index (χ0v) is 12.5. The van der Waals surface area contributed by atoms with E-state index in [1.54, 1.807) is 29.2 Å². The fourth-order valence-corrected chi connectivity index (χ4v) is 2.95. The number of amides is 2. The molecule has 1 N–H and O–H groups in total. The van der Waals surface area contributed by atoms with Gasteiger partial charge in [-0.1, -0.05) is 13.3 Å². The zero-order chi connectivity index (χ0) is 15.5. The van der Waals surface area contributed by atoms with Crippen LogP contribution in [0, 0.1) is 5.41 Å². The molecule has 2 heterocycles. The van der Waals surface area contributed by atoms with Crippen molar-refractivity contribution in [2.45, 2.75) is 32.7 Å². The van der Waals surface area contributed by atoms with Gasteiger partial charge in [-0.2, -0.15) is 0 Å². The van der Waals surface area contributed by atoms with Gasteiger partial charge < -0.3 is 19.3 Å². The Labute approximate surface area is 124 Å². The van der Waals surface area contributed by atoms with Gasteiger partial charge in [0.15, 0.2) is 0 Å². The van der Waals surface area contributed by atoms with E-state index in [4.69, 9.17) is 4.42 Å². The molecule has 6 heteroatoms. The molecule has 1 fully saturated rings. The molecule has 2 rings (SSSR count). The molecule has 1 unspecified atom stereocenters. The molecule has 0 aromatic carbocycles. The maximum atomic E-state index is 12.4. The van der Waals surface area contributed by atoms with Crippen molar-refractivity contribution >= 4 is 12.0 Å². The van der Waals surface area contributed by atoms with Crippen LogP contribution in [0.1, 0.15) is 31.9 Å². The van der Waals surface area contributed by atoms with E-state index in [-0.39, 0.29) is 12.6 Å². The Hall–Kier alpha value is -1.98. The lowest BCUT2D eigenvalue weighted by atomic mass is 9.83. The quantitative estimate of drug-likeness (QED) is 0.905. The maximum Gasteiger partial charge on any atom is 0.320 e. The van der Waals surface area contributed by atoms with Gasteiger partial charge in [0.1, 0.15) is 5.76 Å². The van der Waals surface area contributed by atoms with Gasteiger partial charge in [0.2, 0.25) is 0 Å². The van der Waals surface area contributed by atoms with Gasteiger partial charge in [0.05, 0.1) is 18.2 Å². The summed E-state index contributed by atoms with van der Waals surface area (Å²) in [6.07, 6.45) is 3.50. The van der Waals surface area contributed by atoms with Crippen molar-refractivity contribution in [3.63, 3.8) is 0 Å². The van der Waals surface area contributed by atoms with E-state index in [0.717, 1.165) is 6.42 Å². The number of carbonyl (C=O) groups excluding carboxylic acids is 1. The second-order valence-electron chi connectivity index (χ2n) is 5.73. The second kappa shape index (κ2) is 6.20. The van der Waals surface area contributed by atoms with Gasteiger partial charge in [-0.3, -0.25) is 4.79 Å². The summed E-state index contributed by atoms with van der Waals surface area (Å²) in [5.41, 5.74) is -0.782. The highest BCUT2D eigenvalue weighted by Gasteiger charge is 2.45. The SMILES string of the molecule is CCCC1(C(=O)O)CCN(C(=O)N(C)Cc2ccco2)C1. The highest BCUT2D eigenvalue weighted by molar-refractivity contribution is 5.79. The van der Waals surface area contributed by atoms with E-state index in [2.05, 4.69) is 0 Å². The molecule has 1 aromatic heterocycles. The number of hydrogen-bond donors (Lipinski definition) is 1. The number of rotatable bonds is 5. The normalized spacial score (nSPS) is 21.5. The van der Waals surface area contributed by atoms with Gasteiger partial charge in [-0.15, -0.1) is 0 Å². The lowest BCUT2D eigenvalue weighted by Gasteiger charge is -2.27. The van der Waals surface area contributed by atoms with Gasteiger partial charge in [0, 0.05) is 20.1 Å². The maximum absolute atomic E-state index is 12.4. The average Bonchev–Trinajstić information content (AvgIpc) is 3.08. The first kappa shape index (κ1) is 15.4. The summed E-state index contributed by atoms with van der Waals surface area (Å²) in [6.45, 7) is 3.14. The average molecular weight is 294 g/mol. The van der Waals surface area contributed by atoms with Crippen molar-refractivity contribution in [1.82, 2.24) is 9.80 Å². The summed E-state index contributed by atoms with van der Waals surface area (Å²) in [7, 11) is 1.70. The van der Waals surface area contributed by atoms with Crippen LogP contribution >= 0.6 is 0 Å². The minimum Gasteiger partial charge on any atom is -0.481 e. The van der Waals surface area contributed by atoms with E-state index >= 15 is 0 Å². The second-order valence-corrected chi connectivity index (χ2v) is 5.73. The molecule has 0 bridgehead atoms. The fourth-order valence-electron chi connectivity index (χ4n) is 2.95. The van der Waals surface area contributed by atoms with Crippen LogP contribution in [0.3, 0.4) is 0 Å². The van der Waals surface area contributed by atoms with Crippen LogP contribution in [0.4, 0.5) is 4.79 Å². The highest BCUT2D eigenvalue weighted by Crippen LogP contribution is 2.36. The Balaban J connectivity index is 1.99. The molecule has 1 aliphatic rings. The van der Waals surface area contributed by atoms with Crippen molar-refractivity contribution < 1.29 is 19.1 Å². The summed E-state index contributed by atoms with van der Waals surface area (Å²) >= 11 is 0. The smallest absolute Gasteiger partial charge is 0.320 e. The predicted octanol–water partition coefficient (Wildman–Crippen LogP) is 2.41. The first-order chi connectivity index (χ1) is 9.98. The van der Waals surface area contributed by atoms with Crippen molar-refractivity contribution in [2.75, 3.05) is 20.1 Å². The van der Waals surface area contributed by atoms with Crippen LogP contribution in [0.2, 0.25) is 0 Å². The molecule has 1 aromatic rings. The van der Waals surface area contributed by atoms with E-state index in [9.17, 15) is 14.7 Å². The summed E-state index contributed by atoms with van der Waals surface area (Å²) in [5.74, 6) is -0.0866.